The fourth-order valence-electron chi connectivity index (χ4n) is 2.28. The van der Waals surface area contributed by atoms with Crippen LogP contribution in [0, 0.1) is 0 Å². The third kappa shape index (κ3) is 3.62. The average Bonchev–Trinajstić information content (AvgIpc) is 2.42. The van der Waals surface area contributed by atoms with Gasteiger partial charge in [-0.05, 0) is 37.7 Å². The summed E-state index contributed by atoms with van der Waals surface area (Å²) >= 11 is 0. The van der Waals surface area contributed by atoms with Gasteiger partial charge >= 0.3 is 0 Å². The summed E-state index contributed by atoms with van der Waals surface area (Å²) in [6.45, 7) is 4.36. The zero-order valence-electron chi connectivity index (χ0n) is 11.3. The Labute approximate surface area is 109 Å². The Morgan fingerprint density at radius 1 is 1.39 bits per heavy atom. The van der Waals surface area contributed by atoms with Crippen LogP contribution >= 0.6 is 0 Å². The van der Waals surface area contributed by atoms with E-state index >= 15 is 0 Å². The second-order valence-corrected chi connectivity index (χ2v) is 4.78. The summed E-state index contributed by atoms with van der Waals surface area (Å²) in [5, 5.41) is 6.90. The maximum Gasteiger partial charge on any atom is 0.119 e. The number of hydrogen-bond acceptors (Lipinski definition) is 4. The number of benzene rings is 1. The van der Waals surface area contributed by atoms with Gasteiger partial charge in [-0.1, -0.05) is 0 Å². The van der Waals surface area contributed by atoms with E-state index in [1.807, 2.05) is 12.1 Å². The fourth-order valence-corrected chi connectivity index (χ4v) is 2.28. The first-order chi connectivity index (χ1) is 8.79. The van der Waals surface area contributed by atoms with E-state index in [4.69, 9.17) is 4.74 Å². The van der Waals surface area contributed by atoms with Crippen LogP contribution in [-0.2, 0) is 0 Å². The van der Waals surface area contributed by atoms with Gasteiger partial charge in [-0.25, -0.2) is 0 Å². The molecule has 1 aliphatic heterocycles. The van der Waals surface area contributed by atoms with E-state index in [0.29, 0.717) is 6.04 Å². The van der Waals surface area contributed by atoms with Crippen molar-refractivity contribution in [3.05, 3.63) is 24.3 Å². The SMILES string of the molecule is COc1ccc(NCCC2CNCCN2C)cc1. The van der Waals surface area contributed by atoms with Crippen molar-refractivity contribution < 1.29 is 4.74 Å². The maximum absolute atomic E-state index is 5.14. The van der Waals surface area contributed by atoms with Crippen LogP contribution in [0.5, 0.6) is 5.75 Å². The van der Waals surface area contributed by atoms with Crippen LogP contribution in [0.3, 0.4) is 0 Å². The van der Waals surface area contributed by atoms with Gasteiger partial charge in [0.05, 0.1) is 7.11 Å². The summed E-state index contributed by atoms with van der Waals surface area (Å²) in [4.78, 5) is 2.44. The molecular formula is C14H23N3O. The third-order valence-electron chi connectivity index (χ3n) is 3.54. The first kappa shape index (κ1) is 13.2. The Kier molecular flexibility index (Phi) is 4.84. The number of hydrogen-bond donors (Lipinski definition) is 2. The molecule has 0 bridgehead atoms. The highest BCUT2D eigenvalue weighted by atomic mass is 16.5. The fraction of sp³-hybridized carbons (Fsp3) is 0.571. The Morgan fingerprint density at radius 2 is 2.17 bits per heavy atom. The lowest BCUT2D eigenvalue weighted by Crippen LogP contribution is -2.49. The molecule has 1 aromatic rings. The Balaban J connectivity index is 1.73. The first-order valence-electron chi connectivity index (χ1n) is 6.58. The maximum atomic E-state index is 5.14. The lowest BCUT2D eigenvalue weighted by Gasteiger charge is -2.33. The van der Waals surface area contributed by atoms with Crippen LogP contribution in [0.4, 0.5) is 5.69 Å². The second kappa shape index (κ2) is 6.61. The Bertz CT molecular complexity index is 353. The molecule has 100 valence electrons. The monoisotopic (exact) mass is 249 g/mol. The smallest absolute Gasteiger partial charge is 0.119 e. The standard InChI is InChI=1S/C14H23N3O/c1-17-10-9-15-11-13(17)7-8-16-12-3-5-14(18-2)6-4-12/h3-6,13,15-16H,7-11H2,1-2H3. The van der Waals surface area contributed by atoms with E-state index in [0.717, 1.165) is 44.0 Å². The van der Waals surface area contributed by atoms with Crippen LogP contribution in [0.15, 0.2) is 24.3 Å². The molecule has 0 amide bonds. The number of piperazine rings is 1. The van der Waals surface area contributed by atoms with Gasteiger partial charge in [0.25, 0.3) is 0 Å². The van der Waals surface area contributed by atoms with E-state index in [1.165, 1.54) is 0 Å². The normalized spacial score (nSPS) is 20.7. The minimum atomic E-state index is 0.643. The van der Waals surface area contributed by atoms with Crippen molar-refractivity contribution in [3.8, 4) is 5.75 Å². The summed E-state index contributed by atoms with van der Waals surface area (Å²) in [6, 6.07) is 8.72. The number of nitrogens with one attached hydrogen (secondary N) is 2. The first-order valence-corrected chi connectivity index (χ1v) is 6.58. The largest absolute Gasteiger partial charge is 0.497 e. The molecule has 1 unspecified atom stereocenters. The van der Waals surface area contributed by atoms with Crippen LogP contribution in [0.25, 0.3) is 0 Å². The molecule has 0 radical (unpaired) electrons. The summed E-state index contributed by atoms with van der Waals surface area (Å²) in [6.07, 6.45) is 1.16. The Hall–Kier alpha value is -1.26. The number of ether oxygens (including phenoxy) is 1. The zero-order valence-corrected chi connectivity index (χ0v) is 11.3. The average molecular weight is 249 g/mol. The minimum absolute atomic E-state index is 0.643. The number of anilines is 1. The highest BCUT2D eigenvalue weighted by molar-refractivity contribution is 5.46. The van der Waals surface area contributed by atoms with Crippen molar-refractivity contribution in [1.29, 1.82) is 0 Å². The second-order valence-electron chi connectivity index (χ2n) is 4.78. The van der Waals surface area contributed by atoms with Crippen molar-refractivity contribution in [2.45, 2.75) is 12.5 Å². The highest BCUT2D eigenvalue weighted by Crippen LogP contribution is 2.15. The highest BCUT2D eigenvalue weighted by Gasteiger charge is 2.17. The molecule has 1 heterocycles. The van der Waals surface area contributed by atoms with Crippen LogP contribution in [0.1, 0.15) is 6.42 Å². The van der Waals surface area contributed by atoms with Crippen molar-refractivity contribution >= 4 is 5.69 Å². The molecule has 4 nitrogen and oxygen atoms in total. The molecule has 0 aromatic heterocycles. The lowest BCUT2D eigenvalue weighted by atomic mass is 10.1. The van der Waals surface area contributed by atoms with Crippen molar-refractivity contribution in [1.82, 2.24) is 10.2 Å². The molecule has 2 rings (SSSR count). The zero-order chi connectivity index (χ0) is 12.8. The predicted molar refractivity (Wildman–Crippen MR) is 75.4 cm³/mol. The lowest BCUT2D eigenvalue weighted by molar-refractivity contribution is 0.194. The van der Waals surface area contributed by atoms with Crippen molar-refractivity contribution in [2.24, 2.45) is 0 Å². The Morgan fingerprint density at radius 3 is 2.83 bits per heavy atom. The van der Waals surface area contributed by atoms with Gasteiger partial charge in [0.2, 0.25) is 0 Å². The number of rotatable bonds is 5. The van der Waals surface area contributed by atoms with E-state index < -0.39 is 0 Å². The minimum Gasteiger partial charge on any atom is -0.497 e. The van der Waals surface area contributed by atoms with Gasteiger partial charge in [-0.15, -0.1) is 0 Å². The van der Waals surface area contributed by atoms with E-state index in [1.54, 1.807) is 7.11 Å². The van der Waals surface area contributed by atoms with E-state index in [-0.39, 0.29) is 0 Å². The van der Waals surface area contributed by atoms with Gasteiger partial charge in [0.15, 0.2) is 0 Å². The van der Waals surface area contributed by atoms with Gasteiger partial charge in [-0.2, -0.15) is 0 Å². The third-order valence-corrected chi connectivity index (χ3v) is 3.54. The summed E-state index contributed by atoms with van der Waals surface area (Å²) in [5.74, 6) is 0.900. The molecule has 18 heavy (non-hydrogen) atoms. The van der Waals surface area contributed by atoms with Crippen molar-refractivity contribution in [3.63, 3.8) is 0 Å². The summed E-state index contributed by atoms with van der Waals surface area (Å²) in [7, 11) is 3.90. The van der Waals surface area contributed by atoms with Gasteiger partial charge < -0.3 is 20.3 Å². The van der Waals surface area contributed by atoms with Gasteiger partial charge in [0, 0.05) is 37.9 Å². The molecule has 1 fully saturated rings. The van der Waals surface area contributed by atoms with Crippen LogP contribution in [-0.4, -0.2) is 51.3 Å². The number of likely N-dealkylation sites (N-methyl/N-ethyl adjacent to an activating group) is 1. The molecule has 2 N–H and O–H groups in total. The topological polar surface area (TPSA) is 36.5 Å². The summed E-state index contributed by atoms with van der Waals surface area (Å²) < 4.78 is 5.14. The molecule has 0 spiro atoms. The van der Waals surface area contributed by atoms with Gasteiger partial charge in [0.1, 0.15) is 5.75 Å². The molecule has 0 saturated carbocycles. The number of nitrogens with zero attached hydrogens (tertiary/aromatic N) is 1. The van der Waals surface area contributed by atoms with E-state index in [2.05, 4.69) is 34.7 Å². The molecule has 1 atom stereocenters. The molecule has 1 saturated heterocycles. The van der Waals surface area contributed by atoms with E-state index in [9.17, 15) is 0 Å². The number of methoxy groups -OCH3 is 1. The van der Waals surface area contributed by atoms with Crippen LogP contribution in [0.2, 0.25) is 0 Å². The predicted octanol–water partition coefficient (Wildman–Crippen LogP) is 1.40. The molecular weight excluding hydrogens is 226 g/mol. The molecule has 4 heteroatoms. The molecule has 1 aromatic carbocycles. The van der Waals surface area contributed by atoms with Crippen LogP contribution < -0.4 is 15.4 Å². The summed E-state index contributed by atoms with van der Waals surface area (Å²) in [5.41, 5.74) is 1.15. The molecule has 1 aliphatic rings. The van der Waals surface area contributed by atoms with Gasteiger partial charge in [-0.3, -0.25) is 0 Å². The molecule has 0 aliphatic carbocycles. The quantitative estimate of drug-likeness (QED) is 0.827. The van der Waals surface area contributed by atoms with Crippen molar-refractivity contribution in [2.75, 3.05) is 45.7 Å².